The average molecular weight is 377 g/mol. The minimum absolute atomic E-state index is 0.601. The summed E-state index contributed by atoms with van der Waals surface area (Å²) >= 11 is 6.40. The van der Waals surface area contributed by atoms with Gasteiger partial charge >= 0.3 is 0 Å². The summed E-state index contributed by atoms with van der Waals surface area (Å²) in [7, 11) is 0. The van der Waals surface area contributed by atoms with Crippen LogP contribution in [-0.4, -0.2) is 23.8 Å². The molecule has 0 spiro atoms. The lowest BCUT2D eigenvalue weighted by Gasteiger charge is -2.26. The van der Waals surface area contributed by atoms with E-state index < -0.39 is 0 Å². The van der Waals surface area contributed by atoms with Crippen LogP contribution in [0.5, 0.6) is 0 Å². The van der Waals surface area contributed by atoms with Crippen LogP contribution in [0.15, 0.2) is 28.8 Å². The fraction of sp³-hybridized carbons (Fsp3) is 0.609. The molecular weight excluding hydrogens is 340 g/mol. The summed E-state index contributed by atoms with van der Waals surface area (Å²) in [5.74, 6) is 2.31. The Hall–Kier alpha value is -1.28. The highest BCUT2D eigenvalue weighted by molar-refractivity contribution is 6.31. The van der Waals surface area contributed by atoms with Gasteiger partial charge in [0.15, 0.2) is 0 Å². The van der Waals surface area contributed by atoms with Gasteiger partial charge in [-0.3, -0.25) is 0 Å². The predicted octanol–water partition coefficient (Wildman–Crippen LogP) is 7.21. The summed E-state index contributed by atoms with van der Waals surface area (Å²) in [6.07, 6.45) is 2.16. The van der Waals surface area contributed by atoms with Gasteiger partial charge in [-0.2, -0.15) is 0 Å². The molecule has 0 heterocycles. The summed E-state index contributed by atoms with van der Waals surface area (Å²) in [6, 6.07) is 6.28. The van der Waals surface area contributed by atoms with E-state index in [1.165, 1.54) is 5.57 Å². The highest BCUT2D eigenvalue weighted by Crippen LogP contribution is 2.28. The van der Waals surface area contributed by atoms with Crippen molar-refractivity contribution in [1.82, 2.24) is 4.90 Å². The van der Waals surface area contributed by atoms with Gasteiger partial charge in [0.2, 0.25) is 0 Å². The second-order valence-corrected chi connectivity index (χ2v) is 8.60. The number of rotatable bonds is 8. The number of benzene rings is 1. The second-order valence-electron chi connectivity index (χ2n) is 8.19. The first kappa shape index (κ1) is 22.8. The maximum Gasteiger partial charge on any atom is 0.102 e. The number of aliphatic imine (C=N–C) groups is 1. The molecule has 0 aromatic heterocycles. The van der Waals surface area contributed by atoms with E-state index in [4.69, 9.17) is 16.6 Å². The molecule has 0 saturated carbocycles. The van der Waals surface area contributed by atoms with Gasteiger partial charge in [-0.05, 0) is 62.7 Å². The predicted molar refractivity (Wildman–Crippen MR) is 118 cm³/mol. The standard InChI is InChI=1S/C23H37ClN2/c1-9-12-26(15-17(4)5)20(8)25-23(19(7)13-16(2)3)21-11-10-18(6)22(24)14-21/h10-11,14,16-17H,9,12-13,15H2,1-8H3/b23-19+,25-20?. The third-order valence-corrected chi connectivity index (χ3v) is 4.78. The van der Waals surface area contributed by atoms with E-state index in [1.54, 1.807) is 0 Å². The fourth-order valence-corrected chi connectivity index (χ4v) is 3.36. The fourth-order valence-electron chi connectivity index (χ4n) is 3.18. The second kappa shape index (κ2) is 10.8. The monoisotopic (exact) mass is 376 g/mol. The molecule has 0 amide bonds. The van der Waals surface area contributed by atoms with Crippen LogP contribution in [0.1, 0.15) is 72.4 Å². The summed E-state index contributed by atoms with van der Waals surface area (Å²) in [6.45, 7) is 19.7. The van der Waals surface area contributed by atoms with Crippen molar-refractivity contribution in [3.8, 4) is 0 Å². The van der Waals surface area contributed by atoms with E-state index in [1.807, 2.05) is 6.92 Å². The zero-order chi connectivity index (χ0) is 19.9. The minimum atomic E-state index is 0.601. The number of aryl methyl sites for hydroxylation is 1. The van der Waals surface area contributed by atoms with Gasteiger partial charge in [0, 0.05) is 23.7 Å². The normalized spacial score (nSPS) is 13.4. The van der Waals surface area contributed by atoms with Crippen molar-refractivity contribution in [3.63, 3.8) is 0 Å². The van der Waals surface area contributed by atoms with E-state index in [9.17, 15) is 0 Å². The average Bonchev–Trinajstić information content (AvgIpc) is 2.53. The molecule has 0 aliphatic carbocycles. The van der Waals surface area contributed by atoms with E-state index in [2.05, 4.69) is 71.6 Å². The Balaban J connectivity index is 3.37. The SMILES string of the molecule is CCCN(CC(C)C)C(C)=N/C(=C(\C)CC(C)C)c1ccc(C)c(Cl)c1. The summed E-state index contributed by atoms with van der Waals surface area (Å²) in [4.78, 5) is 7.51. The van der Waals surface area contributed by atoms with Crippen LogP contribution in [0.4, 0.5) is 0 Å². The zero-order valence-electron chi connectivity index (χ0n) is 18.0. The molecule has 3 heteroatoms. The van der Waals surface area contributed by atoms with Gasteiger partial charge in [-0.25, -0.2) is 4.99 Å². The Morgan fingerprint density at radius 2 is 1.77 bits per heavy atom. The maximum absolute atomic E-state index is 6.40. The molecule has 0 unspecified atom stereocenters. The molecule has 26 heavy (non-hydrogen) atoms. The van der Waals surface area contributed by atoms with Gasteiger partial charge in [-0.1, -0.05) is 58.4 Å². The molecule has 0 aliphatic rings. The molecule has 0 fully saturated rings. The Bertz CT molecular complexity index is 642. The van der Waals surface area contributed by atoms with Crippen LogP contribution in [-0.2, 0) is 0 Å². The Labute approximate surface area is 166 Å². The molecule has 0 bridgehead atoms. The van der Waals surface area contributed by atoms with Gasteiger partial charge in [-0.15, -0.1) is 0 Å². The third-order valence-electron chi connectivity index (χ3n) is 4.37. The number of amidine groups is 1. The number of halogens is 1. The first-order valence-electron chi connectivity index (χ1n) is 9.92. The van der Waals surface area contributed by atoms with Crippen molar-refractivity contribution in [2.45, 2.75) is 68.2 Å². The van der Waals surface area contributed by atoms with E-state index in [-0.39, 0.29) is 0 Å². The molecule has 2 nitrogen and oxygen atoms in total. The Morgan fingerprint density at radius 1 is 1.12 bits per heavy atom. The summed E-state index contributed by atoms with van der Waals surface area (Å²) in [5.41, 5.74) is 4.60. The molecular formula is C23H37ClN2. The molecule has 1 aromatic carbocycles. The van der Waals surface area contributed by atoms with Gasteiger partial charge in [0.25, 0.3) is 0 Å². The van der Waals surface area contributed by atoms with Gasteiger partial charge in [0.05, 0.1) is 5.70 Å². The highest BCUT2D eigenvalue weighted by atomic mass is 35.5. The molecule has 0 aliphatic heterocycles. The van der Waals surface area contributed by atoms with Crippen molar-refractivity contribution in [2.75, 3.05) is 13.1 Å². The third kappa shape index (κ3) is 7.15. The molecule has 0 saturated heterocycles. The largest absolute Gasteiger partial charge is 0.360 e. The summed E-state index contributed by atoms with van der Waals surface area (Å²) < 4.78 is 0. The molecule has 146 valence electrons. The van der Waals surface area contributed by atoms with Gasteiger partial charge < -0.3 is 4.90 Å². The number of nitrogens with zero attached hydrogens (tertiary/aromatic N) is 2. The van der Waals surface area contributed by atoms with Crippen LogP contribution in [0.2, 0.25) is 5.02 Å². The lowest BCUT2D eigenvalue weighted by atomic mass is 9.99. The minimum Gasteiger partial charge on any atom is -0.360 e. The Morgan fingerprint density at radius 3 is 2.27 bits per heavy atom. The quantitative estimate of drug-likeness (QED) is 0.345. The zero-order valence-corrected chi connectivity index (χ0v) is 18.7. The van der Waals surface area contributed by atoms with E-state index in [0.29, 0.717) is 11.8 Å². The van der Waals surface area contributed by atoms with Crippen molar-refractivity contribution < 1.29 is 0 Å². The number of hydrogen-bond donors (Lipinski definition) is 0. The first-order valence-corrected chi connectivity index (χ1v) is 10.3. The van der Waals surface area contributed by atoms with Crippen LogP contribution in [0.3, 0.4) is 0 Å². The topological polar surface area (TPSA) is 15.6 Å². The number of hydrogen-bond acceptors (Lipinski definition) is 1. The summed E-state index contributed by atoms with van der Waals surface area (Å²) in [5, 5.41) is 0.804. The maximum atomic E-state index is 6.40. The van der Waals surface area contributed by atoms with Crippen molar-refractivity contribution in [3.05, 3.63) is 39.9 Å². The van der Waals surface area contributed by atoms with Crippen molar-refractivity contribution in [2.24, 2.45) is 16.8 Å². The van der Waals surface area contributed by atoms with Crippen molar-refractivity contribution in [1.29, 1.82) is 0 Å². The van der Waals surface area contributed by atoms with Crippen LogP contribution >= 0.6 is 11.6 Å². The molecule has 0 radical (unpaired) electrons. The number of allylic oxidation sites excluding steroid dienone is 1. The van der Waals surface area contributed by atoms with E-state index in [0.717, 1.165) is 53.6 Å². The van der Waals surface area contributed by atoms with Crippen LogP contribution in [0.25, 0.3) is 5.70 Å². The molecule has 0 N–H and O–H groups in total. The molecule has 1 aromatic rings. The molecule has 1 rings (SSSR count). The smallest absolute Gasteiger partial charge is 0.102 e. The lowest BCUT2D eigenvalue weighted by molar-refractivity contribution is 0.363. The van der Waals surface area contributed by atoms with Gasteiger partial charge in [0.1, 0.15) is 5.84 Å². The Kier molecular flexibility index (Phi) is 9.43. The lowest BCUT2D eigenvalue weighted by Crippen LogP contribution is -2.33. The highest BCUT2D eigenvalue weighted by Gasteiger charge is 2.13. The van der Waals surface area contributed by atoms with E-state index >= 15 is 0 Å². The first-order chi connectivity index (χ1) is 12.1. The van der Waals surface area contributed by atoms with Crippen LogP contribution < -0.4 is 0 Å². The van der Waals surface area contributed by atoms with Crippen molar-refractivity contribution >= 4 is 23.1 Å². The molecule has 0 atom stereocenters. The van der Waals surface area contributed by atoms with Crippen LogP contribution in [0, 0.1) is 18.8 Å².